The van der Waals surface area contributed by atoms with Crippen molar-refractivity contribution >= 4 is 23.2 Å². The highest BCUT2D eigenvalue weighted by Crippen LogP contribution is 2.28. The average Bonchev–Trinajstić information content (AvgIpc) is 2.24. The minimum atomic E-state index is 0.302. The van der Waals surface area contributed by atoms with E-state index in [2.05, 4.69) is 12.2 Å². The first kappa shape index (κ1) is 12.8. The van der Waals surface area contributed by atoms with Gasteiger partial charge in [0, 0.05) is 16.1 Å². The molecule has 0 fully saturated rings. The fraction of sp³-hybridized carbons (Fsp3) is 0.500. The standard InChI is InChI=1S/C12H17Cl2N/c1-3-4-5-12(15-2)10-8-9(13)6-7-11(10)14/h6-8,12,15H,3-5H2,1-2H3. The van der Waals surface area contributed by atoms with Gasteiger partial charge >= 0.3 is 0 Å². The summed E-state index contributed by atoms with van der Waals surface area (Å²) in [4.78, 5) is 0. The lowest BCUT2D eigenvalue weighted by molar-refractivity contribution is 0.523. The lowest BCUT2D eigenvalue weighted by atomic mass is 10.0. The number of nitrogens with one attached hydrogen (secondary N) is 1. The summed E-state index contributed by atoms with van der Waals surface area (Å²) in [6, 6.07) is 5.92. The molecule has 0 spiro atoms. The Kier molecular flexibility index (Phi) is 5.44. The van der Waals surface area contributed by atoms with Crippen molar-refractivity contribution in [2.45, 2.75) is 32.2 Å². The fourth-order valence-electron chi connectivity index (χ4n) is 1.65. The van der Waals surface area contributed by atoms with E-state index in [1.165, 1.54) is 12.8 Å². The van der Waals surface area contributed by atoms with Gasteiger partial charge in [-0.3, -0.25) is 0 Å². The lowest BCUT2D eigenvalue weighted by Crippen LogP contribution is -2.16. The molecule has 0 aliphatic heterocycles. The maximum absolute atomic E-state index is 6.15. The van der Waals surface area contributed by atoms with Gasteiger partial charge in [0.1, 0.15) is 0 Å². The van der Waals surface area contributed by atoms with Gasteiger partial charge in [-0.15, -0.1) is 0 Å². The van der Waals surface area contributed by atoms with Crippen LogP contribution in [0.1, 0.15) is 37.8 Å². The Balaban J connectivity index is 2.85. The van der Waals surface area contributed by atoms with Crippen LogP contribution >= 0.6 is 23.2 Å². The van der Waals surface area contributed by atoms with E-state index in [-0.39, 0.29) is 0 Å². The number of hydrogen-bond donors (Lipinski definition) is 1. The van der Waals surface area contributed by atoms with E-state index in [4.69, 9.17) is 23.2 Å². The predicted octanol–water partition coefficient (Wildman–Crippen LogP) is 4.44. The number of unbranched alkanes of at least 4 members (excludes halogenated alkanes) is 1. The van der Waals surface area contributed by atoms with Crippen LogP contribution in [0.5, 0.6) is 0 Å². The van der Waals surface area contributed by atoms with Crippen LogP contribution in [0, 0.1) is 0 Å². The molecule has 84 valence electrons. The molecule has 1 unspecified atom stereocenters. The van der Waals surface area contributed by atoms with Crippen LogP contribution in [-0.4, -0.2) is 7.05 Å². The molecule has 0 amide bonds. The molecule has 0 saturated heterocycles. The number of benzene rings is 1. The van der Waals surface area contributed by atoms with Crippen molar-refractivity contribution in [3.8, 4) is 0 Å². The highest BCUT2D eigenvalue weighted by Gasteiger charge is 2.12. The summed E-state index contributed by atoms with van der Waals surface area (Å²) in [5.74, 6) is 0. The van der Waals surface area contributed by atoms with E-state index in [1.54, 1.807) is 0 Å². The van der Waals surface area contributed by atoms with Gasteiger partial charge in [0.15, 0.2) is 0 Å². The van der Waals surface area contributed by atoms with Crippen molar-refractivity contribution < 1.29 is 0 Å². The molecule has 0 radical (unpaired) electrons. The number of hydrogen-bond acceptors (Lipinski definition) is 1. The van der Waals surface area contributed by atoms with E-state index < -0.39 is 0 Å². The molecule has 0 bridgehead atoms. The zero-order valence-electron chi connectivity index (χ0n) is 9.19. The second kappa shape index (κ2) is 6.37. The molecule has 0 aliphatic carbocycles. The Bertz CT molecular complexity index is 312. The maximum Gasteiger partial charge on any atom is 0.0454 e. The van der Waals surface area contributed by atoms with Crippen molar-refractivity contribution in [2.24, 2.45) is 0 Å². The summed E-state index contributed by atoms with van der Waals surface area (Å²) in [6.45, 7) is 2.19. The first-order chi connectivity index (χ1) is 7.19. The van der Waals surface area contributed by atoms with Crippen molar-refractivity contribution in [1.82, 2.24) is 5.32 Å². The van der Waals surface area contributed by atoms with Crippen LogP contribution in [0.2, 0.25) is 10.0 Å². The van der Waals surface area contributed by atoms with Crippen molar-refractivity contribution in [1.29, 1.82) is 0 Å². The third-order valence-electron chi connectivity index (χ3n) is 2.53. The summed E-state index contributed by atoms with van der Waals surface area (Å²) < 4.78 is 0. The quantitative estimate of drug-likeness (QED) is 0.809. The van der Waals surface area contributed by atoms with Crippen molar-refractivity contribution in [2.75, 3.05) is 7.05 Å². The highest BCUT2D eigenvalue weighted by molar-refractivity contribution is 6.33. The first-order valence-electron chi connectivity index (χ1n) is 5.31. The van der Waals surface area contributed by atoms with Crippen LogP contribution in [0.3, 0.4) is 0 Å². The summed E-state index contributed by atoms with van der Waals surface area (Å²) in [7, 11) is 1.96. The smallest absolute Gasteiger partial charge is 0.0454 e. The van der Waals surface area contributed by atoms with Crippen LogP contribution in [0.25, 0.3) is 0 Å². The average molecular weight is 246 g/mol. The van der Waals surface area contributed by atoms with Gasteiger partial charge < -0.3 is 5.32 Å². The van der Waals surface area contributed by atoms with E-state index in [0.29, 0.717) is 6.04 Å². The molecule has 1 N–H and O–H groups in total. The second-order valence-electron chi connectivity index (χ2n) is 3.65. The Hall–Kier alpha value is -0.240. The molecule has 15 heavy (non-hydrogen) atoms. The molecule has 1 aromatic carbocycles. The van der Waals surface area contributed by atoms with Gasteiger partial charge in [0.25, 0.3) is 0 Å². The molecule has 1 atom stereocenters. The Morgan fingerprint density at radius 2 is 2.07 bits per heavy atom. The van der Waals surface area contributed by atoms with E-state index >= 15 is 0 Å². The van der Waals surface area contributed by atoms with Crippen LogP contribution in [0.4, 0.5) is 0 Å². The monoisotopic (exact) mass is 245 g/mol. The van der Waals surface area contributed by atoms with Crippen molar-refractivity contribution in [3.63, 3.8) is 0 Å². The van der Waals surface area contributed by atoms with Crippen LogP contribution in [-0.2, 0) is 0 Å². The SMILES string of the molecule is CCCCC(NC)c1cc(Cl)ccc1Cl. The van der Waals surface area contributed by atoms with Crippen LogP contribution < -0.4 is 5.32 Å². The Morgan fingerprint density at radius 3 is 2.67 bits per heavy atom. The zero-order chi connectivity index (χ0) is 11.3. The van der Waals surface area contributed by atoms with E-state index in [9.17, 15) is 0 Å². The van der Waals surface area contributed by atoms with E-state index in [1.807, 2.05) is 25.2 Å². The molecule has 3 heteroatoms. The van der Waals surface area contributed by atoms with E-state index in [0.717, 1.165) is 22.0 Å². The topological polar surface area (TPSA) is 12.0 Å². The molecule has 1 nitrogen and oxygen atoms in total. The second-order valence-corrected chi connectivity index (χ2v) is 4.49. The third kappa shape index (κ3) is 3.67. The molecule has 0 aliphatic rings. The molecular formula is C12H17Cl2N. The van der Waals surface area contributed by atoms with Crippen molar-refractivity contribution in [3.05, 3.63) is 33.8 Å². The number of halogens is 2. The summed E-state index contributed by atoms with van der Waals surface area (Å²) in [5.41, 5.74) is 1.10. The fourth-order valence-corrected chi connectivity index (χ4v) is 2.08. The Morgan fingerprint density at radius 1 is 1.33 bits per heavy atom. The normalized spacial score (nSPS) is 12.8. The Labute approximate surface area is 102 Å². The number of rotatable bonds is 5. The molecular weight excluding hydrogens is 229 g/mol. The summed E-state index contributed by atoms with van der Waals surface area (Å²) in [6.07, 6.45) is 3.47. The van der Waals surface area contributed by atoms with Gasteiger partial charge in [-0.2, -0.15) is 0 Å². The summed E-state index contributed by atoms with van der Waals surface area (Å²) >= 11 is 12.1. The largest absolute Gasteiger partial charge is 0.313 e. The van der Waals surface area contributed by atoms with Gasteiger partial charge in [-0.05, 0) is 37.2 Å². The zero-order valence-corrected chi connectivity index (χ0v) is 10.7. The van der Waals surface area contributed by atoms with Gasteiger partial charge in [-0.1, -0.05) is 43.0 Å². The molecule has 0 aromatic heterocycles. The molecule has 1 rings (SSSR count). The third-order valence-corrected chi connectivity index (χ3v) is 3.11. The molecule has 0 heterocycles. The predicted molar refractivity (Wildman–Crippen MR) is 67.8 cm³/mol. The molecule has 0 saturated carbocycles. The minimum absolute atomic E-state index is 0.302. The summed E-state index contributed by atoms with van der Waals surface area (Å²) in [5, 5.41) is 4.81. The van der Waals surface area contributed by atoms with Crippen LogP contribution in [0.15, 0.2) is 18.2 Å². The maximum atomic E-state index is 6.15. The highest BCUT2D eigenvalue weighted by atomic mass is 35.5. The lowest BCUT2D eigenvalue weighted by Gasteiger charge is -2.17. The van der Waals surface area contributed by atoms with Gasteiger partial charge in [0.05, 0.1) is 0 Å². The molecule has 1 aromatic rings. The minimum Gasteiger partial charge on any atom is -0.313 e. The van der Waals surface area contributed by atoms with Gasteiger partial charge in [0.2, 0.25) is 0 Å². The van der Waals surface area contributed by atoms with Gasteiger partial charge in [-0.25, -0.2) is 0 Å². The first-order valence-corrected chi connectivity index (χ1v) is 6.06.